The van der Waals surface area contributed by atoms with Gasteiger partial charge in [0, 0.05) is 13.5 Å². The number of hydrogen-bond donors (Lipinski definition) is 3. The minimum Gasteiger partial charge on any atom is -0.493 e. The van der Waals surface area contributed by atoms with Gasteiger partial charge in [-0.05, 0) is 31.7 Å². The summed E-state index contributed by atoms with van der Waals surface area (Å²) in [5.74, 6) is -0.248. The first-order valence-corrected chi connectivity index (χ1v) is 12.4. The van der Waals surface area contributed by atoms with Crippen molar-refractivity contribution in [1.82, 2.24) is 16.0 Å². The number of methoxy groups -OCH3 is 1. The molecule has 0 spiro atoms. The monoisotopic (exact) mass is 592 g/mol. The third-order valence-corrected chi connectivity index (χ3v) is 5.59. The SMILES string of the molecule is CNC(=O)CCCOc1cc([N+](=O)[O-])c(C(C)NC(=O)C(CC(C)C)NC(=O)CI)cc1OC. The molecule has 3 amide bonds. The molecule has 2 atom stereocenters. The number of nitro benzene ring substituents is 1. The second-order valence-corrected chi connectivity index (χ2v) is 8.82. The maximum Gasteiger partial charge on any atom is 0.278 e. The van der Waals surface area contributed by atoms with E-state index >= 15 is 0 Å². The maximum absolute atomic E-state index is 12.9. The summed E-state index contributed by atoms with van der Waals surface area (Å²) in [6.07, 6.45) is 1.11. The van der Waals surface area contributed by atoms with E-state index in [0.29, 0.717) is 12.8 Å². The van der Waals surface area contributed by atoms with Crippen molar-refractivity contribution in [3.63, 3.8) is 0 Å². The van der Waals surface area contributed by atoms with Crippen LogP contribution in [-0.4, -0.2) is 53.9 Å². The third kappa shape index (κ3) is 9.31. The molecule has 0 saturated carbocycles. The van der Waals surface area contributed by atoms with Gasteiger partial charge in [-0.2, -0.15) is 0 Å². The van der Waals surface area contributed by atoms with Gasteiger partial charge in [-0.25, -0.2) is 0 Å². The first-order valence-electron chi connectivity index (χ1n) is 10.9. The lowest BCUT2D eigenvalue weighted by Crippen LogP contribution is -2.48. The molecule has 190 valence electrons. The number of halogens is 1. The molecule has 2 unspecified atom stereocenters. The van der Waals surface area contributed by atoms with Gasteiger partial charge in [-0.3, -0.25) is 24.5 Å². The van der Waals surface area contributed by atoms with Crippen molar-refractivity contribution in [3.8, 4) is 11.5 Å². The van der Waals surface area contributed by atoms with Crippen LogP contribution in [0.2, 0.25) is 0 Å². The molecule has 0 bridgehead atoms. The zero-order valence-corrected chi connectivity index (χ0v) is 22.3. The molecule has 1 aromatic rings. The summed E-state index contributed by atoms with van der Waals surface area (Å²) in [5, 5.41) is 19.7. The minimum atomic E-state index is -0.756. The molecule has 1 aromatic carbocycles. The Morgan fingerprint density at radius 3 is 2.32 bits per heavy atom. The van der Waals surface area contributed by atoms with E-state index in [9.17, 15) is 24.5 Å². The van der Waals surface area contributed by atoms with Crippen molar-refractivity contribution < 1.29 is 28.8 Å². The van der Waals surface area contributed by atoms with E-state index in [2.05, 4.69) is 16.0 Å². The van der Waals surface area contributed by atoms with Gasteiger partial charge in [0.25, 0.3) is 5.69 Å². The van der Waals surface area contributed by atoms with Crippen LogP contribution in [0, 0.1) is 16.0 Å². The molecule has 34 heavy (non-hydrogen) atoms. The summed E-state index contributed by atoms with van der Waals surface area (Å²) >= 11 is 1.91. The zero-order chi connectivity index (χ0) is 25.8. The van der Waals surface area contributed by atoms with Crippen LogP contribution >= 0.6 is 22.6 Å². The number of hydrogen-bond acceptors (Lipinski definition) is 7. The average molecular weight is 592 g/mol. The van der Waals surface area contributed by atoms with Gasteiger partial charge in [0.2, 0.25) is 17.7 Å². The highest BCUT2D eigenvalue weighted by molar-refractivity contribution is 14.1. The molecule has 0 aliphatic rings. The van der Waals surface area contributed by atoms with Gasteiger partial charge in [-0.1, -0.05) is 36.4 Å². The molecule has 0 fully saturated rings. The number of carbonyl (C=O) groups excluding carboxylic acids is 3. The molecule has 0 aromatic heterocycles. The number of carbonyl (C=O) groups is 3. The zero-order valence-electron chi connectivity index (χ0n) is 20.1. The molecule has 0 radical (unpaired) electrons. The largest absolute Gasteiger partial charge is 0.493 e. The maximum atomic E-state index is 12.9. The lowest BCUT2D eigenvalue weighted by molar-refractivity contribution is -0.385. The Morgan fingerprint density at radius 2 is 1.79 bits per heavy atom. The number of ether oxygens (including phenoxy) is 2. The third-order valence-electron chi connectivity index (χ3n) is 4.90. The van der Waals surface area contributed by atoms with Crippen LogP contribution in [0.15, 0.2) is 12.1 Å². The van der Waals surface area contributed by atoms with E-state index in [1.54, 1.807) is 6.92 Å². The van der Waals surface area contributed by atoms with E-state index in [0.717, 1.165) is 0 Å². The highest BCUT2D eigenvalue weighted by atomic mass is 127. The fraction of sp³-hybridized carbons (Fsp3) is 0.591. The average Bonchev–Trinajstić information content (AvgIpc) is 2.79. The molecule has 0 heterocycles. The number of amides is 3. The second-order valence-electron chi connectivity index (χ2n) is 8.06. The van der Waals surface area contributed by atoms with Crippen molar-refractivity contribution in [2.24, 2.45) is 5.92 Å². The van der Waals surface area contributed by atoms with E-state index in [1.165, 1.54) is 26.3 Å². The second kappa shape index (κ2) is 14.6. The molecular weight excluding hydrogens is 559 g/mol. The molecule has 0 aliphatic carbocycles. The number of nitrogens with zero attached hydrogens (tertiary/aromatic N) is 1. The Kier molecular flexibility index (Phi) is 12.6. The Balaban J connectivity index is 3.10. The highest BCUT2D eigenvalue weighted by Gasteiger charge is 2.28. The molecule has 0 aliphatic heterocycles. The van der Waals surface area contributed by atoms with Gasteiger partial charge in [-0.15, -0.1) is 0 Å². The number of alkyl halides is 1. The lowest BCUT2D eigenvalue weighted by Gasteiger charge is -2.23. The molecule has 1 rings (SSSR count). The van der Waals surface area contributed by atoms with Crippen LogP contribution in [0.4, 0.5) is 5.69 Å². The van der Waals surface area contributed by atoms with Crippen LogP contribution in [0.1, 0.15) is 51.6 Å². The van der Waals surface area contributed by atoms with Crippen LogP contribution in [0.25, 0.3) is 0 Å². The van der Waals surface area contributed by atoms with E-state index in [1.807, 2.05) is 36.4 Å². The Hall–Kier alpha value is -2.64. The summed E-state index contributed by atoms with van der Waals surface area (Å²) in [4.78, 5) is 47.3. The summed E-state index contributed by atoms with van der Waals surface area (Å²) in [7, 11) is 2.94. The van der Waals surface area contributed by atoms with E-state index < -0.39 is 22.9 Å². The van der Waals surface area contributed by atoms with Crippen molar-refractivity contribution in [2.45, 2.75) is 52.1 Å². The number of rotatable bonds is 14. The number of benzene rings is 1. The van der Waals surface area contributed by atoms with Crippen molar-refractivity contribution in [2.75, 3.05) is 25.2 Å². The predicted molar refractivity (Wildman–Crippen MR) is 135 cm³/mol. The molecule has 3 N–H and O–H groups in total. The molecule has 0 saturated heterocycles. The standard InChI is InChI=1S/C22H33IN4O7/c1-13(2)9-16(26-21(29)12-23)22(30)25-14(3)15-10-18(33-5)19(11-17(15)27(31)32)34-8-6-7-20(28)24-4/h10-11,13-14,16H,6-9,12H2,1-5H3,(H,24,28)(H,25,30)(H,26,29). The van der Waals surface area contributed by atoms with Gasteiger partial charge < -0.3 is 25.4 Å². The van der Waals surface area contributed by atoms with Crippen LogP contribution in [-0.2, 0) is 14.4 Å². The first-order chi connectivity index (χ1) is 16.0. The predicted octanol–water partition coefficient (Wildman–Crippen LogP) is 2.65. The summed E-state index contributed by atoms with van der Waals surface area (Å²) in [5.41, 5.74) is -0.0111. The van der Waals surface area contributed by atoms with Gasteiger partial charge >= 0.3 is 0 Å². The van der Waals surface area contributed by atoms with Crippen LogP contribution in [0.3, 0.4) is 0 Å². The normalized spacial score (nSPS) is 12.4. The Bertz CT molecular complexity index is 879. The van der Waals surface area contributed by atoms with Crippen molar-refractivity contribution in [1.29, 1.82) is 0 Å². The molecular formula is C22H33IN4O7. The fourth-order valence-corrected chi connectivity index (χ4v) is 3.43. The Morgan fingerprint density at radius 1 is 1.12 bits per heavy atom. The van der Waals surface area contributed by atoms with Crippen LogP contribution < -0.4 is 25.4 Å². The highest BCUT2D eigenvalue weighted by Crippen LogP contribution is 2.37. The summed E-state index contributed by atoms with van der Waals surface area (Å²) in [6, 6.07) is 1.21. The topological polar surface area (TPSA) is 149 Å². The first kappa shape index (κ1) is 29.4. The molecule has 11 nitrogen and oxygen atoms in total. The van der Waals surface area contributed by atoms with Gasteiger partial charge in [0.1, 0.15) is 6.04 Å². The van der Waals surface area contributed by atoms with E-state index in [4.69, 9.17) is 9.47 Å². The van der Waals surface area contributed by atoms with Crippen molar-refractivity contribution in [3.05, 3.63) is 27.8 Å². The summed E-state index contributed by atoms with van der Waals surface area (Å²) < 4.78 is 11.2. The quantitative estimate of drug-likeness (QED) is 0.0989. The van der Waals surface area contributed by atoms with Gasteiger partial charge in [0.05, 0.1) is 40.7 Å². The Labute approximate surface area is 213 Å². The smallest absolute Gasteiger partial charge is 0.278 e. The summed E-state index contributed by atoms with van der Waals surface area (Å²) in [6.45, 7) is 5.65. The molecule has 12 heteroatoms. The van der Waals surface area contributed by atoms with Crippen LogP contribution in [0.5, 0.6) is 11.5 Å². The minimum absolute atomic E-state index is 0.132. The lowest BCUT2D eigenvalue weighted by atomic mass is 10.0. The number of nitro groups is 1. The van der Waals surface area contributed by atoms with Crippen molar-refractivity contribution >= 4 is 46.0 Å². The van der Waals surface area contributed by atoms with E-state index in [-0.39, 0.29) is 57.9 Å². The van der Waals surface area contributed by atoms with Gasteiger partial charge in [0.15, 0.2) is 11.5 Å². The number of nitrogens with one attached hydrogen (secondary N) is 3. The fourth-order valence-electron chi connectivity index (χ4n) is 3.21.